The van der Waals surface area contributed by atoms with Crippen LogP contribution in [0.5, 0.6) is 5.75 Å². The number of methoxy groups -OCH3 is 3. The van der Waals surface area contributed by atoms with Gasteiger partial charge in [-0.15, -0.1) is 0 Å². The Balaban J connectivity index is 1.96. The molecule has 2 aliphatic rings. The lowest BCUT2D eigenvalue weighted by atomic mass is 9.81. The summed E-state index contributed by atoms with van der Waals surface area (Å²) in [6.07, 6.45) is 0. The lowest BCUT2D eigenvalue weighted by molar-refractivity contribution is -0.139. The van der Waals surface area contributed by atoms with Gasteiger partial charge in [0, 0.05) is 19.2 Å². The molecule has 1 fully saturated rings. The van der Waals surface area contributed by atoms with E-state index in [0.29, 0.717) is 43.3 Å². The number of nitrogens with zero attached hydrogens (tertiary/aromatic N) is 3. The minimum atomic E-state index is -0.932. The quantitative estimate of drug-likeness (QED) is 0.586. The van der Waals surface area contributed by atoms with Crippen molar-refractivity contribution in [1.82, 2.24) is 0 Å². The summed E-state index contributed by atoms with van der Waals surface area (Å²) < 4.78 is 21.3. The lowest BCUT2D eigenvalue weighted by Gasteiger charge is -2.36. The molecule has 37 heavy (non-hydrogen) atoms. The first-order valence-electron chi connectivity index (χ1n) is 11.6. The first kappa shape index (κ1) is 25.6. The van der Waals surface area contributed by atoms with Crippen molar-refractivity contribution in [2.75, 3.05) is 57.4 Å². The summed E-state index contributed by atoms with van der Waals surface area (Å²) in [6, 6.07) is 16.3. The Bertz CT molecular complexity index is 1290. The molecule has 10 heteroatoms. The number of carbonyl (C=O) groups is 2. The minimum Gasteiger partial charge on any atom is -0.495 e. The molecule has 1 saturated heterocycles. The third-order valence-electron chi connectivity index (χ3n) is 6.38. The van der Waals surface area contributed by atoms with Crippen LogP contribution < -0.4 is 20.3 Å². The van der Waals surface area contributed by atoms with E-state index in [-0.39, 0.29) is 22.7 Å². The molecule has 1 unspecified atom stereocenters. The molecule has 1 atom stereocenters. The number of hydrogen-bond acceptors (Lipinski definition) is 10. The number of allylic oxidation sites excluding steroid dienone is 1. The molecule has 2 aromatic carbocycles. The zero-order valence-electron chi connectivity index (χ0n) is 20.9. The molecule has 0 amide bonds. The molecule has 2 heterocycles. The van der Waals surface area contributed by atoms with Gasteiger partial charge in [-0.1, -0.05) is 30.3 Å². The van der Waals surface area contributed by atoms with Gasteiger partial charge in [0.2, 0.25) is 0 Å². The van der Waals surface area contributed by atoms with Crippen LogP contribution in [0.1, 0.15) is 11.5 Å². The van der Waals surface area contributed by atoms with Crippen molar-refractivity contribution in [2.45, 2.75) is 5.92 Å². The number of ether oxygens (including phenoxy) is 4. The lowest BCUT2D eigenvalue weighted by Crippen LogP contribution is -2.41. The summed E-state index contributed by atoms with van der Waals surface area (Å²) in [5, 5.41) is 10.2. The van der Waals surface area contributed by atoms with Gasteiger partial charge < -0.3 is 29.6 Å². The number of benzene rings is 2. The highest BCUT2D eigenvalue weighted by atomic mass is 16.5. The predicted octanol–water partition coefficient (Wildman–Crippen LogP) is 2.43. The summed E-state index contributed by atoms with van der Waals surface area (Å²) in [7, 11) is 3.97. The highest BCUT2D eigenvalue weighted by Crippen LogP contribution is 2.44. The fourth-order valence-corrected chi connectivity index (χ4v) is 4.65. The van der Waals surface area contributed by atoms with Crippen LogP contribution in [0.4, 0.5) is 11.4 Å². The van der Waals surface area contributed by atoms with Gasteiger partial charge in [0.05, 0.1) is 69.1 Å². The minimum absolute atomic E-state index is 0.00872. The largest absolute Gasteiger partial charge is 0.495 e. The summed E-state index contributed by atoms with van der Waals surface area (Å²) in [5.41, 5.74) is 8.33. The molecule has 192 valence electrons. The maximum absolute atomic E-state index is 13.2. The molecule has 2 aliphatic heterocycles. The van der Waals surface area contributed by atoms with E-state index < -0.39 is 17.9 Å². The van der Waals surface area contributed by atoms with Crippen molar-refractivity contribution < 1.29 is 28.5 Å². The van der Waals surface area contributed by atoms with Crippen molar-refractivity contribution in [3.05, 3.63) is 76.8 Å². The Morgan fingerprint density at radius 1 is 1.03 bits per heavy atom. The molecular weight excluding hydrogens is 476 g/mol. The normalized spacial score (nSPS) is 17.8. The first-order chi connectivity index (χ1) is 18.0. The van der Waals surface area contributed by atoms with E-state index in [1.54, 1.807) is 43.5 Å². The van der Waals surface area contributed by atoms with Gasteiger partial charge in [-0.2, -0.15) is 5.26 Å². The molecule has 10 nitrogen and oxygen atoms in total. The van der Waals surface area contributed by atoms with Gasteiger partial charge in [0.1, 0.15) is 17.3 Å². The maximum Gasteiger partial charge on any atom is 0.355 e. The summed E-state index contributed by atoms with van der Waals surface area (Å²) in [4.78, 5) is 29.9. The fourth-order valence-electron chi connectivity index (χ4n) is 4.65. The van der Waals surface area contributed by atoms with Crippen LogP contribution in [0.25, 0.3) is 0 Å². The second kappa shape index (κ2) is 11.1. The second-order valence-electron chi connectivity index (χ2n) is 8.29. The molecular formula is C27H28N4O6. The van der Waals surface area contributed by atoms with E-state index in [4.69, 9.17) is 24.7 Å². The van der Waals surface area contributed by atoms with Crippen LogP contribution in [0.2, 0.25) is 0 Å². The molecule has 0 saturated carbocycles. The number of nitrogens with two attached hydrogens (primary N) is 1. The molecule has 0 radical (unpaired) electrons. The molecule has 0 bridgehead atoms. The number of anilines is 2. The number of morpholine rings is 1. The predicted molar refractivity (Wildman–Crippen MR) is 136 cm³/mol. The van der Waals surface area contributed by atoms with Gasteiger partial charge >= 0.3 is 11.9 Å². The van der Waals surface area contributed by atoms with Crippen molar-refractivity contribution in [1.29, 1.82) is 5.26 Å². The van der Waals surface area contributed by atoms with E-state index in [1.807, 2.05) is 12.1 Å². The van der Waals surface area contributed by atoms with Crippen LogP contribution in [-0.2, 0) is 23.8 Å². The van der Waals surface area contributed by atoms with Gasteiger partial charge in [0.15, 0.2) is 0 Å². The zero-order chi connectivity index (χ0) is 26.5. The van der Waals surface area contributed by atoms with E-state index in [9.17, 15) is 14.9 Å². The van der Waals surface area contributed by atoms with Gasteiger partial charge in [0.25, 0.3) is 0 Å². The summed E-state index contributed by atoms with van der Waals surface area (Å²) >= 11 is 0. The Labute approximate surface area is 215 Å². The molecule has 0 aromatic heterocycles. The monoisotopic (exact) mass is 504 g/mol. The Morgan fingerprint density at radius 3 is 2.30 bits per heavy atom. The fraction of sp³-hybridized carbons (Fsp3) is 0.296. The third-order valence-corrected chi connectivity index (χ3v) is 6.38. The molecule has 2 aromatic rings. The average Bonchev–Trinajstić information content (AvgIpc) is 2.96. The van der Waals surface area contributed by atoms with Crippen molar-refractivity contribution in [3.63, 3.8) is 0 Å². The SMILES string of the molecule is COC(=O)C1=C(C(=O)OC)N(c2ccc(N3CCOCC3)c(OC)c2)C(N)=C(C#N)C1c1ccccc1. The highest BCUT2D eigenvalue weighted by molar-refractivity contribution is 6.06. The maximum atomic E-state index is 13.2. The topological polar surface area (TPSA) is 127 Å². The smallest absolute Gasteiger partial charge is 0.355 e. The number of carbonyl (C=O) groups excluding carboxylic acids is 2. The van der Waals surface area contributed by atoms with E-state index >= 15 is 0 Å². The molecule has 0 spiro atoms. The van der Waals surface area contributed by atoms with Gasteiger partial charge in [-0.3, -0.25) is 4.90 Å². The molecule has 2 N–H and O–H groups in total. The average molecular weight is 505 g/mol. The number of esters is 2. The standard InChI is InChI=1S/C27H28N4O6/c1-34-21-15-18(9-10-20(21)30-11-13-37-14-12-30)31-24(27(33)36-3)23(26(32)35-2)22(19(16-28)25(31)29)17-7-5-4-6-8-17/h4-10,15,22H,11-14,29H2,1-3H3. The summed E-state index contributed by atoms with van der Waals surface area (Å²) in [5.74, 6) is -2.00. The number of nitriles is 1. The third kappa shape index (κ3) is 4.69. The van der Waals surface area contributed by atoms with E-state index in [1.165, 1.54) is 19.1 Å². The van der Waals surface area contributed by atoms with Crippen LogP contribution in [0, 0.1) is 11.3 Å². The Hall–Kier alpha value is -4.49. The molecule has 0 aliphatic carbocycles. The Morgan fingerprint density at radius 2 is 1.70 bits per heavy atom. The van der Waals surface area contributed by atoms with E-state index in [2.05, 4.69) is 11.0 Å². The number of rotatable bonds is 6. The van der Waals surface area contributed by atoms with Crippen molar-refractivity contribution in [2.24, 2.45) is 5.73 Å². The van der Waals surface area contributed by atoms with Crippen LogP contribution in [0.15, 0.2) is 71.2 Å². The van der Waals surface area contributed by atoms with Crippen molar-refractivity contribution in [3.8, 4) is 11.8 Å². The highest BCUT2D eigenvalue weighted by Gasteiger charge is 2.43. The van der Waals surface area contributed by atoms with Gasteiger partial charge in [-0.25, -0.2) is 9.59 Å². The second-order valence-corrected chi connectivity index (χ2v) is 8.29. The van der Waals surface area contributed by atoms with Gasteiger partial charge in [-0.05, 0) is 17.7 Å². The first-order valence-corrected chi connectivity index (χ1v) is 11.6. The van der Waals surface area contributed by atoms with Crippen LogP contribution in [0.3, 0.4) is 0 Å². The van der Waals surface area contributed by atoms with E-state index in [0.717, 1.165) is 5.69 Å². The number of hydrogen-bond donors (Lipinski definition) is 1. The molecule has 4 rings (SSSR count). The van der Waals surface area contributed by atoms with Crippen LogP contribution in [-0.4, -0.2) is 59.6 Å². The Kier molecular flexibility index (Phi) is 7.65. The van der Waals surface area contributed by atoms with Crippen molar-refractivity contribution >= 4 is 23.3 Å². The van der Waals surface area contributed by atoms with Crippen LogP contribution >= 0.6 is 0 Å². The summed E-state index contributed by atoms with van der Waals surface area (Å²) in [6.45, 7) is 2.57. The zero-order valence-corrected chi connectivity index (χ0v) is 20.9.